The normalized spacial score (nSPS) is 21.9. The number of carbonyl (C=O) groups is 2. The van der Waals surface area contributed by atoms with Crippen LogP contribution in [0.3, 0.4) is 0 Å². The molecule has 64 valence electrons. The van der Waals surface area contributed by atoms with Gasteiger partial charge in [0.25, 0.3) is 0 Å². The Bertz CT molecular complexity index is 205. The molecule has 1 fully saturated rings. The average Bonchev–Trinajstić information content (AvgIpc) is 1.97. The highest BCUT2D eigenvalue weighted by molar-refractivity contribution is 9.07. The molecule has 1 saturated heterocycles. The van der Waals surface area contributed by atoms with Crippen molar-refractivity contribution in [3.63, 3.8) is 0 Å². The van der Waals surface area contributed by atoms with Crippen molar-refractivity contribution < 1.29 is 31.1 Å². The van der Waals surface area contributed by atoms with Crippen molar-refractivity contribution >= 4 is 28.1 Å². The molecule has 3 amide bonds. The number of nitrogens with zero attached hydrogens (tertiary/aromatic N) is 2. The summed E-state index contributed by atoms with van der Waals surface area (Å²) in [7, 11) is 3.15. The van der Waals surface area contributed by atoms with Gasteiger partial charge in [0.15, 0.2) is 6.54 Å². The minimum Gasteiger partial charge on any atom is -1.00 e. The third-order valence-electron chi connectivity index (χ3n) is 1.58. The Morgan fingerprint density at radius 1 is 1.45 bits per heavy atom. The van der Waals surface area contributed by atoms with Crippen LogP contribution in [0.4, 0.5) is 4.79 Å². The van der Waals surface area contributed by atoms with Crippen molar-refractivity contribution in [3.05, 3.63) is 0 Å². The van der Waals surface area contributed by atoms with Crippen LogP contribution in [0, 0.1) is 0 Å². The van der Waals surface area contributed by atoms with Crippen LogP contribution in [0.15, 0.2) is 0 Å². The topological polar surface area (TPSA) is 37.4 Å². The number of quaternary nitrogens is 1. The van der Waals surface area contributed by atoms with Crippen LogP contribution in [0.2, 0.25) is 0 Å². The third kappa shape index (κ3) is 1.62. The molecule has 0 saturated carbocycles. The number of carbonyl (C=O) groups excluding carboxylic acids is 2. The first-order chi connectivity index (χ1) is 4.46. The highest BCUT2D eigenvalue weighted by Crippen LogP contribution is 2.17. The zero-order valence-electron chi connectivity index (χ0n) is 6.17. The monoisotopic (exact) mass is 286 g/mol. The molecule has 1 aliphatic heterocycles. The molecule has 0 atom stereocenters. The van der Waals surface area contributed by atoms with E-state index in [9.17, 15) is 9.59 Å². The van der Waals surface area contributed by atoms with E-state index < -0.39 is 0 Å². The van der Waals surface area contributed by atoms with E-state index in [0.717, 1.165) is 0 Å². The van der Waals surface area contributed by atoms with Crippen LogP contribution in [0.1, 0.15) is 0 Å². The molecule has 0 bridgehead atoms. The first-order valence-electron chi connectivity index (χ1n) is 2.81. The molecule has 11 heavy (non-hydrogen) atoms. The van der Waals surface area contributed by atoms with E-state index in [1.807, 2.05) is 0 Å². The summed E-state index contributed by atoms with van der Waals surface area (Å²) in [6, 6.07) is -0.218. The number of imide groups is 1. The van der Waals surface area contributed by atoms with Gasteiger partial charge in [0, 0.05) is 0 Å². The van der Waals surface area contributed by atoms with Crippen LogP contribution >= 0.6 is 16.1 Å². The van der Waals surface area contributed by atoms with Gasteiger partial charge < -0.3 is 17.0 Å². The molecule has 0 aromatic heterocycles. The van der Waals surface area contributed by atoms with E-state index in [-0.39, 0.29) is 39.9 Å². The number of hydrogen-bond acceptors (Lipinski definition) is 2. The molecule has 0 spiro atoms. The Morgan fingerprint density at radius 2 is 1.91 bits per heavy atom. The molecular weight excluding hydrogens is 280 g/mol. The zero-order valence-corrected chi connectivity index (χ0v) is 9.35. The Hall–Kier alpha value is 0.0600. The van der Waals surface area contributed by atoms with Gasteiger partial charge in [-0.05, 0) is 0 Å². The summed E-state index contributed by atoms with van der Waals surface area (Å²) < 4.78 is 1.06. The summed E-state index contributed by atoms with van der Waals surface area (Å²) in [6.07, 6.45) is 0. The fourth-order valence-corrected chi connectivity index (χ4v) is 1.35. The predicted molar refractivity (Wildman–Crippen MR) is 38.1 cm³/mol. The summed E-state index contributed by atoms with van der Waals surface area (Å²) in [5, 5.41) is 0. The average molecular weight is 288 g/mol. The summed E-state index contributed by atoms with van der Waals surface area (Å²) in [5.41, 5.74) is 0. The molecule has 0 unspecified atom stereocenters. The van der Waals surface area contributed by atoms with Gasteiger partial charge in [-0.25, -0.2) is 13.5 Å². The molecule has 4 nitrogen and oxygen atoms in total. The van der Waals surface area contributed by atoms with E-state index >= 15 is 0 Å². The van der Waals surface area contributed by atoms with E-state index in [1.165, 1.54) is 3.93 Å². The number of rotatable bonds is 0. The lowest BCUT2D eigenvalue weighted by Gasteiger charge is -2.14. The van der Waals surface area contributed by atoms with Gasteiger partial charge in [-0.3, -0.25) is 0 Å². The SMILES string of the molecule is C[N+]1(C)C(=O)CN(Br)C1=O.[Br-]. The molecule has 0 N–H and O–H groups in total. The fourth-order valence-electron chi connectivity index (χ4n) is 0.741. The van der Waals surface area contributed by atoms with Crippen LogP contribution in [0.25, 0.3) is 0 Å². The fraction of sp³-hybridized carbons (Fsp3) is 0.600. The van der Waals surface area contributed by atoms with Crippen LogP contribution < -0.4 is 17.0 Å². The van der Waals surface area contributed by atoms with Crippen molar-refractivity contribution in [3.8, 4) is 0 Å². The van der Waals surface area contributed by atoms with Gasteiger partial charge in [-0.1, -0.05) is 0 Å². The molecule has 1 aliphatic rings. The summed E-state index contributed by atoms with van der Waals surface area (Å²) in [5.74, 6) is -0.0955. The van der Waals surface area contributed by atoms with E-state index in [2.05, 4.69) is 16.1 Å². The molecule has 1 heterocycles. The number of likely N-dealkylation sites (N-methyl/N-ethyl adjacent to an activating group) is 1. The minimum absolute atomic E-state index is 0. The van der Waals surface area contributed by atoms with Crippen molar-refractivity contribution in [2.24, 2.45) is 0 Å². The highest BCUT2D eigenvalue weighted by atomic mass is 79.9. The lowest BCUT2D eigenvalue weighted by Crippen LogP contribution is -3.00. The molecule has 0 aromatic rings. The van der Waals surface area contributed by atoms with E-state index in [4.69, 9.17) is 0 Å². The number of urea groups is 1. The van der Waals surface area contributed by atoms with Gasteiger partial charge in [-0.2, -0.15) is 4.48 Å². The Labute approximate surface area is 83.8 Å². The largest absolute Gasteiger partial charge is 1.00 e. The van der Waals surface area contributed by atoms with Crippen molar-refractivity contribution in [2.75, 3.05) is 20.6 Å². The molecule has 0 radical (unpaired) electrons. The maximum Gasteiger partial charge on any atom is 0.436 e. The van der Waals surface area contributed by atoms with E-state index in [0.29, 0.717) is 0 Å². The number of hydrogen-bond donors (Lipinski definition) is 0. The highest BCUT2D eigenvalue weighted by Gasteiger charge is 2.47. The Morgan fingerprint density at radius 3 is 2.00 bits per heavy atom. The second-order valence-corrected chi connectivity index (χ2v) is 3.51. The third-order valence-corrected chi connectivity index (χ3v) is 2.14. The van der Waals surface area contributed by atoms with Crippen molar-refractivity contribution in [1.82, 2.24) is 3.93 Å². The predicted octanol–water partition coefficient (Wildman–Crippen LogP) is -2.66. The zero-order chi connectivity index (χ0) is 7.94. The smallest absolute Gasteiger partial charge is 0.436 e. The molecule has 0 aliphatic carbocycles. The first kappa shape index (κ1) is 11.1. The molecule has 6 heteroatoms. The van der Waals surface area contributed by atoms with Crippen LogP contribution in [-0.4, -0.2) is 41.0 Å². The molecular formula is C5H8Br2N2O2. The van der Waals surface area contributed by atoms with Crippen molar-refractivity contribution in [2.45, 2.75) is 0 Å². The maximum absolute atomic E-state index is 11.1. The second-order valence-electron chi connectivity index (χ2n) is 2.65. The maximum atomic E-state index is 11.1. The number of amides is 3. The van der Waals surface area contributed by atoms with Gasteiger partial charge >= 0.3 is 11.9 Å². The summed E-state index contributed by atoms with van der Waals surface area (Å²) >= 11 is 2.97. The number of halogens is 2. The van der Waals surface area contributed by atoms with Crippen LogP contribution in [0.5, 0.6) is 0 Å². The van der Waals surface area contributed by atoms with Gasteiger partial charge in [0.2, 0.25) is 0 Å². The van der Waals surface area contributed by atoms with Crippen molar-refractivity contribution in [1.29, 1.82) is 0 Å². The first-order valence-corrected chi connectivity index (χ1v) is 3.52. The molecule has 1 rings (SSSR count). The van der Waals surface area contributed by atoms with Gasteiger partial charge in [0.05, 0.1) is 30.2 Å². The standard InChI is InChI=1S/C5H8BrN2O2.BrH/c1-8(2)4(9)3-7(6)5(8)10;/h3H2,1-2H3;1H/q+1;/p-1. The van der Waals surface area contributed by atoms with Gasteiger partial charge in [0.1, 0.15) is 0 Å². The van der Waals surface area contributed by atoms with Crippen LogP contribution in [-0.2, 0) is 4.79 Å². The summed E-state index contributed by atoms with van der Waals surface area (Å²) in [6.45, 7) is 0.159. The summed E-state index contributed by atoms with van der Waals surface area (Å²) in [4.78, 5) is 22.1. The Balaban J connectivity index is 0.000001000. The lowest BCUT2D eigenvalue weighted by molar-refractivity contribution is -0.722. The quantitative estimate of drug-likeness (QED) is 0.277. The lowest BCUT2D eigenvalue weighted by atomic mass is 10.5. The van der Waals surface area contributed by atoms with Gasteiger partial charge in [-0.15, -0.1) is 0 Å². The minimum atomic E-state index is -0.218. The van der Waals surface area contributed by atoms with E-state index in [1.54, 1.807) is 14.1 Å². The molecule has 0 aromatic carbocycles. The second kappa shape index (κ2) is 3.20. The Kier molecular flexibility index (Phi) is 3.22.